The van der Waals surface area contributed by atoms with E-state index in [4.69, 9.17) is 0 Å². The van der Waals surface area contributed by atoms with Crippen LogP contribution in [0.5, 0.6) is 0 Å². The molecule has 0 aromatic rings. The van der Waals surface area contributed by atoms with Crippen molar-refractivity contribution in [2.45, 2.75) is 0 Å². The van der Waals surface area contributed by atoms with Crippen molar-refractivity contribution >= 4 is 21.8 Å². The summed E-state index contributed by atoms with van der Waals surface area (Å²) in [6, 6.07) is 0. The summed E-state index contributed by atoms with van der Waals surface area (Å²) in [5.41, 5.74) is 0. The Hall–Kier alpha value is -0.310. The topological polar surface area (TPSA) is 29.1 Å². The van der Waals surface area contributed by atoms with Crippen LogP contribution in [-0.4, -0.2) is 5.91 Å². The average molecular weight is 148 g/mol. The van der Waals surface area contributed by atoms with Gasteiger partial charge in [-0.3, -0.25) is 4.79 Å². The minimum absolute atomic E-state index is 0.0324. The first-order chi connectivity index (χ1) is 2.80. The van der Waals surface area contributed by atoms with E-state index in [1.54, 1.807) is 6.20 Å². The maximum absolute atomic E-state index is 10.0. The van der Waals surface area contributed by atoms with Crippen molar-refractivity contribution in [2.24, 2.45) is 0 Å². The van der Waals surface area contributed by atoms with Gasteiger partial charge in [0.15, 0.2) is 0 Å². The molecule has 3 heteroatoms. The van der Waals surface area contributed by atoms with Gasteiger partial charge in [-0.1, -0.05) is 0 Å². The van der Waals surface area contributed by atoms with Gasteiger partial charge in [0.1, 0.15) is 0 Å². The van der Waals surface area contributed by atoms with Crippen molar-refractivity contribution in [1.29, 1.82) is 0 Å². The molecule has 0 aromatic carbocycles. The van der Waals surface area contributed by atoms with Gasteiger partial charge in [0.25, 0.3) is 5.91 Å². The number of rotatable bonds is 0. The Bertz CT molecular complexity index is 118. The molecule has 0 saturated carbocycles. The van der Waals surface area contributed by atoms with E-state index < -0.39 is 0 Å². The van der Waals surface area contributed by atoms with E-state index in [0.717, 1.165) is 0 Å². The summed E-state index contributed by atoms with van der Waals surface area (Å²) in [6.45, 7) is 0. The summed E-state index contributed by atoms with van der Waals surface area (Å²) < 4.78 is 0.627. The first-order valence-corrected chi connectivity index (χ1v) is 2.26. The fraction of sp³-hybridized carbons (Fsp3) is 0. The van der Waals surface area contributed by atoms with Crippen LogP contribution in [0, 0.1) is 0 Å². The van der Waals surface area contributed by atoms with Gasteiger partial charge in [0.2, 0.25) is 0 Å². The standard InChI is InChI=1S/C3H2BrNO/c4-2-1-5-3(2)6/h1H,(H,5,6). The number of halogens is 1. The SMILES string of the molecule is O=C1NC=C1Br. The Balaban J connectivity index is 2.75. The predicted octanol–water partition coefficient (Wildman–Crippen LogP) is 0.352. The molecule has 2 nitrogen and oxygen atoms in total. The van der Waals surface area contributed by atoms with E-state index in [1.165, 1.54) is 0 Å². The van der Waals surface area contributed by atoms with Crippen molar-refractivity contribution in [2.75, 3.05) is 0 Å². The zero-order chi connectivity index (χ0) is 4.57. The van der Waals surface area contributed by atoms with E-state index in [0.29, 0.717) is 4.48 Å². The van der Waals surface area contributed by atoms with Crippen LogP contribution in [0.2, 0.25) is 0 Å². The Morgan fingerprint density at radius 3 is 2.33 bits per heavy atom. The van der Waals surface area contributed by atoms with Gasteiger partial charge >= 0.3 is 0 Å². The van der Waals surface area contributed by atoms with Crippen LogP contribution >= 0.6 is 15.9 Å². The summed E-state index contributed by atoms with van der Waals surface area (Å²) in [6.07, 6.45) is 1.60. The highest BCUT2D eigenvalue weighted by molar-refractivity contribution is 9.12. The third kappa shape index (κ3) is 0.354. The Kier molecular flexibility index (Phi) is 0.696. The Morgan fingerprint density at radius 2 is 2.33 bits per heavy atom. The first kappa shape index (κ1) is 3.87. The van der Waals surface area contributed by atoms with Crippen LogP contribution in [0.4, 0.5) is 0 Å². The predicted molar refractivity (Wildman–Crippen MR) is 25.2 cm³/mol. The lowest BCUT2D eigenvalue weighted by Crippen LogP contribution is -2.26. The monoisotopic (exact) mass is 147 g/mol. The van der Waals surface area contributed by atoms with Crippen LogP contribution in [-0.2, 0) is 4.79 Å². The minimum Gasteiger partial charge on any atom is -0.327 e. The highest BCUT2D eigenvalue weighted by Crippen LogP contribution is 2.08. The van der Waals surface area contributed by atoms with Crippen LogP contribution in [0.25, 0.3) is 0 Å². The van der Waals surface area contributed by atoms with Gasteiger partial charge in [-0.15, -0.1) is 0 Å². The average Bonchev–Trinajstić information content (AvgIpc) is 1.61. The second kappa shape index (κ2) is 1.08. The van der Waals surface area contributed by atoms with Gasteiger partial charge in [-0.2, -0.15) is 0 Å². The molecular weight excluding hydrogens is 146 g/mol. The number of amides is 1. The lowest BCUT2D eigenvalue weighted by atomic mass is 10.4. The lowest BCUT2D eigenvalue weighted by molar-refractivity contribution is -0.117. The molecule has 0 aliphatic carbocycles. The Morgan fingerprint density at radius 1 is 1.83 bits per heavy atom. The van der Waals surface area contributed by atoms with Crippen molar-refractivity contribution in [3.8, 4) is 0 Å². The highest BCUT2D eigenvalue weighted by Gasteiger charge is 2.10. The van der Waals surface area contributed by atoms with Crippen molar-refractivity contribution in [3.05, 3.63) is 10.7 Å². The number of hydrogen-bond acceptors (Lipinski definition) is 1. The molecule has 0 aromatic heterocycles. The van der Waals surface area contributed by atoms with Crippen molar-refractivity contribution in [3.63, 3.8) is 0 Å². The van der Waals surface area contributed by atoms with Crippen molar-refractivity contribution < 1.29 is 4.79 Å². The molecule has 0 spiro atoms. The van der Waals surface area contributed by atoms with Gasteiger partial charge in [0, 0.05) is 6.20 Å². The maximum Gasteiger partial charge on any atom is 0.263 e. The molecule has 0 fully saturated rings. The quantitative estimate of drug-likeness (QED) is 0.527. The van der Waals surface area contributed by atoms with E-state index in [2.05, 4.69) is 21.2 Å². The molecule has 1 rings (SSSR count). The maximum atomic E-state index is 10.0. The van der Waals surface area contributed by atoms with E-state index in [-0.39, 0.29) is 5.91 Å². The fourth-order valence-electron chi connectivity index (χ4n) is 0.186. The summed E-state index contributed by atoms with van der Waals surface area (Å²) >= 11 is 2.97. The molecule has 0 radical (unpaired) electrons. The number of carbonyl (C=O) groups excluding carboxylic acids is 1. The minimum atomic E-state index is -0.0324. The van der Waals surface area contributed by atoms with Crippen molar-refractivity contribution in [1.82, 2.24) is 5.32 Å². The molecule has 0 bridgehead atoms. The third-order valence-electron chi connectivity index (χ3n) is 0.547. The number of carbonyl (C=O) groups is 1. The normalized spacial score (nSPS) is 18.2. The van der Waals surface area contributed by atoms with Crippen LogP contribution in [0.3, 0.4) is 0 Å². The largest absolute Gasteiger partial charge is 0.327 e. The molecule has 1 amide bonds. The van der Waals surface area contributed by atoms with E-state index >= 15 is 0 Å². The summed E-state index contributed by atoms with van der Waals surface area (Å²) in [7, 11) is 0. The number of hydrogen-bond donors (Lipinski definition) is 1. The van der Waals surface area contributed by atoms with Crippen LogP contribution in [0.1, 0.15) is 0 Å². The lowest BCUT2D eigenvalue weighted by Gasteiger charge is -2.05. The zero-order valence-corrected chi connectivity index (χ0v) is 4.45. The molecule has 1 aliphatic rings. The summed E-state index contributed by atoms with van der Waals surface area (Å²) in [5.74, 6) is -0.0324. The second-order valence-corrected chi connectivity index (χ2v) is 1.82. The molecule has 1 N–H and O–H groups in total. The third-order valence-corrected chi connectivity index (χ3v) is 1.14. The van der Waals surface area contributed by atoms with Crippen LogP contribution < -0.4 is 5.32 Å². The van der Waals surface area contributed by atoms with Gasteiger partial charge in [-0.05, 0) is 15.9 Å². The molecule has 0 saturated heterocycles. The summed E-state index contributed by atoms with van der Waals surface area (Å²) in [4.78, 5) is 10.0. The molecular formula is C3H2BrNO. The molecule has 1 aliphatic heterocycles. The highest BCUT2D eigenvalue weighted by atomic mass is 79.9. The Labute approximate surface area is 43.4 Å². The molecule has 6 heavy (non-hydrogen) atoms. The van der Waals surface area contributed by atoms with Gasteiger partial charge in [-0.25, -0.2) is 0 Å². The van der Waals surface area contributed by atoms with E-state index in [9.17, 15) is 4.79 Å². The molecule has 1 heterocycles. The molecule has 0 atom stereocenters. The van der Waals surface area contributed by atoms with Gasteiger partial charge in [0.05, 0.1) is 4.48 Å². The smallest absolute Gasteiger partial charge is 0.263 e. The molecule has 32 valence electrons. The second-order valence-electron chi connectivity index (χ2n) is 0.966. The first-order valence-electron chi connectivity index (χ1n) is 1.47. The van der Waals surface area contributed by atoms with Gasteiger partial charge < -0.3 is 5.32 Å². The van der Waals surface area contributed by atoms with Crippen LogP contribution in [0.15, 0.2) is 10.7 Å². The fourth-order valence-corrected chi connectivity index (χ4v) is 0.415. The number of nitrogens with one attached hydrogen (secondary N) is 1. The zero-order valence-electron chi connectivity index (χ0n) is 2.86. The molecule has 0 unspecified atom stereocenters. The summed E-state index contributed by atoms with van der Waals surface area (Å²) in [5, 5.41) is 2.41. The van der Waals surface area contributed by atoms with E-state index in [1.807, 2.05) is 0 Å².